The number of fused-ring (bicyclic) bond motifs is 1. The van der Waals surface area contributed by atoms with Crippen LogP contribution in [-0.4, -0.2) is 31.0 Å². The molecule has 0 radical (unpaired) electrons. The molecular weight excluding hydrogens is 246 g/mol. The molecule has 1 atom stereocenters. The van der Waals surface area contributed by atoms with E-state index in [-0.39, 0.29) is 25.2 Å². The molecule has 5 heteroatoms. The predicted octanol–water partition coefficient (Wildman–Crippen LogP) is 1.09. The van der Waals surface area contributed by atoms with E-state index in [1.807, 2.05) is 25.1 Å². The van der Waals surface area contributed by atoms with Crippen molar-refractivity contribution in [2.45, 2.75) is 19.8 Å². The van der Waals surface area contributed by atoms with Crippen LogP contribution in [0.15, 0.2) is 18.2 Å². The third-order valence-electron chi connectivity index (χ3n) is 3.04. The van der Waals surface area contributed by atoms with E-state index in [9.17, 15) is 4.79 Å². The van der Waals surface area contributed by atoms with Gasteiger partial charge in [-0.05, 0) is 30.0 Å². The van der Waals surface area contributed by atoms with Crippen molar-refractivity contribution in [3.8, 4) is 11.5 Å². The first kappa shape index (κ1) is 13.7. The van der Waals surface area contributed by atoms with Gasteiger partial charge in [0.1, 0.15) is 0 Å². The predicted molar refractivity (Wildman–Crippen MR) is 70.1 cm³/mol. The Labute approximate surface area is 112 Å². The van der Waals surface area contributed by atoms with Crippen molar-refractivity contribution in [2.24, 2.45) is 5.92 Å². The Balaban J connectivity index is 1.77. The van der Waals surface area contributed by atoms with Crippen molar-refractivity contribution >= 4 is 5.91 Å². The lowest BCUT2D eigenvalue weighted by Gasteiger charge is -2.09. The van der Waals surface area contributed by atoms with Gasteiger partial charge in [-0.2, -0.15) is 0 Å². The molecular formula is C14H19NO4. The second kappa shape index (κ2) is 6.43. The quantitative estimate of drug-likeness (QED) is 0.808. The number of carbonyl (C=O) groups is 1. The lowest BCUT2D eigenvalue weighted by Crippen LogP contribution is -2.29. The number of amides is 1. The van der Waals surface area contributed by atoms with E-state index < -0.39 is 0 Å². The maximum absolute atomic E-state index is 11.6. The van der Waals surface area contributed by atoms with Gasteiger partial charge in [-0.25, -0.2) is 0 Å². The van der Waals surface area contributed by atoms with Gasteiger partial charge >= 0.3 is 0 Å². The van der Waals surface area contributed by atoms with Crippen molar-refractivity contribution < 1.29 is 19.4 Å². The van der Waals surface area contributed by atoms with E-state index in [2.05, 4.69) is 5.32 Å². The highest BCUT2D eigenvalue weighted by Gasteiger charge is 2.13. The highest BCUT2D eigenvalue weighted by Crippen LogP contribution is 2.32. The molecule has 1 aromatic rings. The summed E-state index contributed by atoms with van der Waals surface area (Å²) in [6.07, 6.45) is 1.09. The van der Waals surface area contributed by atoms with Crippen LogP contribution in [0.1, 0.15) is 18.9 Å². The zero-order valence-electron chi connectivity index (χ0n) is 11.0. The Bertz CT molecular complexity index is 447. The van der Waals surface area contributed by atoms with Crippen LogP contribution in [0.5, 0.6) is 11.5 Å². The van der Waals surface area contributed by atoms with Gasteiger partial charge in [0.15, 0.2) is 11.5 Å². The first-order chi connectivity index (χ1) is 9.19. The largest absolute Gasteiger partial charge is 0.454 e. The standard InChI is InChI=1S/C14H19NO4/c1-10(8-16)7-15-14(17)5-3-11-2-4-12-13(6-11)19-9-18-12/h2,4,6,10,16H,3,5,7-9H2,1H3,(H,15,17). The lowest BCUT2D eigenvalue weighted by molar-refractivity contribution is -0.121. The number of rotatable bonds is 6. The molecule has 0 fully saturated rings. The van der Waals surface area contributed by atoms with Gasteiger partial charge in [-0.15, -0.1) is 0 Å². The van der Waals surface area contributed by atoms with Gasteiger partial charge in [0.25, 0.3) is 0 Å². The van der Waals surface area contributed by atoms with Crippen LogP contribution in [0.25, 0.3) is 0 Å². The van der Waals surface area contributed by atoms with Crippen molar-refractivity contribution in [1.29, 1.82) is 0 Å². The Kier molecular flexibility index (Phi) is 4.63. The first-order valence-corrected chi connectivity index (χ1v) is 6.45. The highest BCUT2D eigenvalue weighted by atomic mass is 16.7. The summed E-state index contributed by atoms with van der Waals surface area (Å²) < 4.78 is 10.5. The Morgan fingerprint density at radius 2 is 2.21 bits per heavy atom. The molecule has 1 heterocycles. The molecule has 1 amide bonds. The molecule has 1 unspecified atom stereocenters. The number of nitrogens with one attached hydrogen (secondary N) is 1. The van der Waals surface area contributed by atoms with E-state index in [1.165, 1.54) is 0 Å². The molecule has 5 nitrogen and oxygen atoms in total. The van der Waals surface area contributed by atoms with Crippen molar-refractivity contribution in [3.63, 3.8) is 0 Å². The summed E-state index contributed by atoms with van der Waals surface area (Å²) in [6, 6.07) is 5.71. The Hall–Kier alpha value is -1.75. The average molecular weight is 265 g/mol. The maximum atomic E-state index is 11.6. The lowest BCUT2D eigenvalue weighted by atomic mass is 10.1. The number of ether oxygens (including phenoxy) is 2. The van der Waals surface area contributed by atoms with Gasteiger partial charge < -0.3 is 19.9 Å². The molecule has 0 aliphatic carbocycles. The molecule has 2 rings (SSSR count). The summed E-state index contributed by atoms with van der Waals surface area (Å²) in [7, 11) is 0. The summed E-state index contributed by atoms with van der Waals surface area (Å²) in [4.78, 5) is 11.6. The van der Waals surface area contributed by atoms with Crippen molar-refractivity contribution in [2.75, 3.05) is 19.9 Å². The number of benzene rings is 1. The minimum Gasteiger partial charge on any atom is -0.454 e. The summed E-state index contributed by atoms with van der Waals surface area (Å²) in [5.74, 6) is 1.59. The summed E-state index contributed by atoms with van der Waals surface area (Å²) in [6.45, 7) is 2.75. The number of aliphatic hydroxyl groups is 1. The van der Waals surface area contributed by atoms with E-state index in [1.54, 1.807) is 0 Å². The fraction of sp³-hybridized carbons (Fsp3) is 0.500. The summed E-state index contributed by atoms with van der Waals surface area (Å²) in [5, 5.41) is 11.7. The average Bonchev–Trinajstić information content (AvgIpc) is 2.89. The molecule has 0 spiro atoms. The zero-order valence-corrected chi connectivity index (χ0v) is 11.0. The van der Waals surface area contributed by atoms with Crippen LogP contribution >= 0.6 is 0 Å². The van der Waals surface area contributed by atoms with Crippen molar-refractivity contribution in [1.82, 2.24) is 5.32 Å². The maximum Gasteiger partial charge on any atom is 0.231 e. The molecule has 19 heavy (non-hydrogen) atoms. The van der Waals surface area contributed by atoms with E-state index >= 15 is 0 Å². The van der Waals surface area contributed by atoms with Gasteiger partial charge in [0.2, 0.25) is 12.7 Å². The minimum atomic E-state index is -0.00188. The fourth-order valence-corrected chi connectivity index (χ4v) is 1.80. The topological polar surface area (TPSA) is 67.8 Å². The van der Waals surface area contributed by atoms with E-state index in [4.69, 9.17) is 14.6 Å². The summed E-state index contributed by atoms with van der Waals surface area (Å²) in [5.41, 5.74) is 1.05. The number of aliphatic hydroxyl groups excluding tert-OH is 1. The van der Waals surface area contributed by atoms with Gasteiger partial charge in [-0.1, -0.05) is 13.0 Å². The van der Waals surface area contributed by atoms with Crippen LogP contribution in [0, 0.1) is 5.92 Å². The third kappa shape index (κ3) is 3.86. The molecule has 1 aliphatic rings. The Morgan fingerprint density at radius 3 is 3.00 bits per heavy atom. The number of hydrogen-bond acceptors (Lipinski definition) is 4. The minimum absolute atomic E-state index is 0.00188. The highest BCUT2D eigenvalue weighted by molar-refractivity contribution is 5.76. The van der Waals surface area contributed by atoms with Crippen LogP contribution in [0.2, 0.25) is 0 Å². The number of aryl methyl sites for hydroxylation is 1. The second-order valence-electron chi connectivity index (χ2n) is 4.78. The van der Waals surface area contributed by atoms with Gasteiger partial charge in [-0.3, -0.25) is 4.79 Å². The normalized spacial score (nSPS) is 14.2. The summed E-state index contributed by atoms with van der Waals surface area (Å²) >= 11 is 0. The molecule has 0 bridgehead atoms. The molecule has 1 aliphatic heterocycles. The SMILES string of the molecule is CC(CO)CNC(=O)CCc1ccc2c(c1)OCO2. The smallest absolute Gasteiger partial charge is 0.231 e. The van der Waals surface area contributed by atoms with Gasteiger partial charge in [0, 0.05) is 19.6 Å². The van der Waals surface area contributed by atoms with Crippen LogP contribution < -0.4 is 14.8 Å². The molecule has 0 saturated heterocycles. The monoisotopic (exact) mass is 265 g/mol. The van der Waals surface area contributed by atoms with Crippen LogP contribution in [0.4, 0.5) is 0 Å². The Morgan fingerprint density at radius 1 is 1.42 bits per heavy atom. The number of carbonyl (C=O) groups excluding carboxylic acids is 1. The molecule has 2 N–H and O–H groups in total. The fourth-order valence-electron chi connectivity index (χ4n) is 1.80. The van der Waals surface area contributed by atoms with Crippen LogP contribution in [0.3, 0.4) is 0 Å². The molecule has 1 aromatic carbocycles. The molecule has 0 saturated carbocycles. The van der Waals surface area contributed by atoms with E-state index in [0.29, 0.717) is 19.4 Å². The van der Waals surface area contributed by atoms with Crippen LogP contribution in [-0.2, 0) is 11.2 Å². The third-order valence-corrected chi connectivity index (χ3v) is 3.04. The van der Waals surface area contributed by atoms with E-state index in [0.717, 1.165) is 17.1 Å². The molecule has 0 aromatic heterocycles. The molecule has 104 valence electrons. The second-order valence-corrected chi connectivity index (χ2v) is 4.78. The number of hydrogen-bond donors (Lipinski definition) is 2. The zero-order chi connectivity index (χ0) is 13.7. The van der Waals surface area contributed by atoms with Gasteiger partial charge in [0.05, 0.1) is 0 Å². The van der Waals surface area contributed by atoms with Crippen molar-refractivity contribution in [3.05, 3.63) is 23.8 Å². The first-order valence-electron chi connectivity index (χ1n) is 6.45.